The van der Waals surface area contributed by atoms with E-state index in [1.165, 1.54) is 50.7 Å². The van der Waals surface area contributed by atoms with Crippen LogP contribution in [0.15, 0.2) is 30.6 Å². The van der Waals surface area contributed by atoms with Gasteiger partial charge in [-0.05, 0) is 62.1 Å². The van der Waals surface area contributed by atoms with Crippen molar-refractivity contribution in [1.82, 2.24) is 9.97 Å². The SMILES string of the molecule is CCCCCc1cnc(-c2ccc(C(=O)O[C@H]3CC[C@H](CCCCC)CC3)c(F)c2)nc1. The second-order valence-electron chi connectivity index (χ2n) is 9.11. The number of hydrogen-bond acceptors (Lipinski definition) is 4. The number of hydrogen-bond donors (Lipinski definition) is 0. The smallest absolute Gasteiger partial charge is 0.341 e. The van der Waals surface area contributed by atoms with Gasteiger partial charge in [0.15, 0.2) is 5.82 Å². The first-order chi connectivity index (χ1) is 15.6. The van der Waals surface area contributed by atoms with Crippen molar-refractivity contribution in [3.05, 3.63) is 47.5 Å². The molecule has 1 heterocycles. The summed E-state index contributed by atoms with van der Waals surface area (Å²) in [6, 6.07) is 4.51. The van der Waals surface area contributed by atoms with Gasteiger partial charge in [-0.3, -0.25) is 0 Å². The lowest BCUT2D eigenvalue weighted by atomic mass is 9.84. The number of aryl methyl sites for hydroxylation is 1. The molecule has 32 heavy (non-hydrogen) atoms. The number of carbonyl (C=O) groups excluding carboxylic acids is 1. The molecule has 0 saturated heterocycles. The lowest BCUT2D eigenvalue weighted by Crippen LogP contribution is -2.25. The summed E-state index contributed by atoms with van der Waals surface area (Å²) in [7, 11) is 0. The van der Waals surface area contributed by atoms with Gasteiger partial charge in [-0.1, -0.05) is 58.4 Å². The van der Waals surface area contributed by atoms with E-state index in [-0.39, 0.29) is 11.7 Å². The van der Waals surface area contributed by atoms with Crippen molar-refractivity contribution in [3.8, 4) is 11.4 Å². The first kappa shape index (κ1) is 24.3. The molecule has 174 valence electrons. The maximum atomic E-state index is 14.7. The third-order valence-corrected chi connectivity index (χ3v) is 6.50. The Labute approximate surface area is 192 Å². The van der Waals surface area contributed by atoms with Crippen LogP contribution in [-0.2, 0) is 11.2 Å². The van der Waals surface area contributed by atoms with Crippen LogP contribution in [0.1, 0.15) is 100 Å². The number of benzene rings is 1. The fourth-order valence-electron chi connectivity index (χ4n) is 4.47. The Balaban J connectivity index is 1.53. The Morgan fingerprint density at radius 3 is 2.34 bits per heavy atom. The molecule has 1 saturated carbocycles. The number of esters is 1. The summed E-state index contributed by atoms with van der Waals surface area (Å²) in [5.74, 6) is 0.0436. The predicted octanol–water partition coefficient (Wildman–Crippen LogP) is 7.31. The molecule has 0 spiro atoms. The topological polar surface area (TPSA) is 52.1 Å². The van der Waals surface area contributed by atoms with E-state index in [2.05, 4.69) is 23.8 Å². The Bertz CT molecular complexity index is 845. The third-order valence-electron chi connectivity index (χ3n) is 6.50. The monoisotopic (exact) mass is 440 g/mol. The Hall–Kier alpha value is -2.30. The highest BCUT2D eigenvalue weighted by atomic mass is 19.1. The number of aromatic nitrogens is 2. The average Bonchev–Trinajstić information content (AvgIpc) is 2.81. The van der Waals surface area contributed by atoms with E-state index >= 15 is 0 Å². The van der Waals surface area contributed by atoms with Crippen molar-refractivity contribution in [2.24, 2.45) is 5.92 Å². The molecule has 1 aromatic carbocycles. The van der Waals surface area contributed by atoms with Gasteiger partial charge >= 0.3 is 5.97 Å². The van der Waals surface area contributed by atoms with E-state index in [9.17, 15) is 9.18 Å². The normalized spacial score (nSPS) is 18.5. The maximum absolute atomic E-state index is 14.7. The molecule has 0 radical (unpaired) electrons. The molecule has 4 nitrogen and oxygen atoms in total. The van der Waals surface area contributed by atoms with Crippen LogP contribution in [-0.4, -0.2) is 22.0 Å². The van der Waals surface area contributed by atoms with E-state index < -0.39 is 11.8 Å². The molecule has 0 bridgehead atoms. The van der Waals surface area contributed by atoms with Crippen molar-refractivity contribution >= 4 is 5.97 Å². The Kier molecular flexibility index (Phi) is 9.63. The van der Waals surface area contributed by atoms with Gasteiger partial charge in [-0.25, -0.2) is 19.2 Å². The third kappa shape index (κ3) is 7.11. The summed E-state index contributed by atoms with van der Waals surface area (Å²) in [6.07, 6.45) is 17.0. The quantitative estimate of drug-likeness (QED) is 0.271. The molecule has 2 aromatic rings. The summed E-state index contributed by atoms with van der Waals surface area (Å²) in [4.78, 5) is 21.3. The zero-order valence-corrected chi connectivity index (χ0v) is 19.6. The first-order valence-electron chi connectivity index (χ1n) is 12.4. The van der Waals surface area contributed by atoms with E-state index in [1.807, 2.05) is 0 Å². The summed E-state index contributed by atoms with van der Waals surface area (Å²) >= 11 is 0. The predicted molar refractivity (Wildman–Crippen MR) is 126 cm³/mol. The lowest BCUT2D eigenvalue weighted by molar-refractivity contribution is 0.0156. The lowest BCUT2D eigenvalue weighted by Gasteiger charge is -2.28. The molecule has 1 aromatic heterocycles. The van der Waals surface area contributed by atoms with E-state index in [0.717, 1.165) is 50.0 Å². The van der Waals surface area contributed by atoms with Crippen molar-refractivity contribution in [2.75, 3.05) is 0 Å². The van der Waals surface area contributed by atoms with Crippen molar-refractivity contribution in [3.63, 3.8) is 0 Å². The molecule has 1 fully saturated rings. The van der Waals surface area contributed by atoms with E-state index in [0.29, 0.717) is 11.4 Å². The summed E-state index contributed by atoms with van der Waals surface area (Å²) < 4.78 is 20.3. The van der Waals surface area contributed by atoms with Crippen LogP contribution in [0, 0.1) is 11.7 Å². The summed E-state index contributed by atoms with van der Waals surface area (Å²) in [5, 5.41) is 0. The number of carbonyl (C=O) groups is 1. The van der Waals surface area contributed by atoms with Crippen molar-refractivity contribution in [2.45, 2.75) is 97.0 Å². The largest absolute Gasteiger partial charge is 0.459 e. The zero-order chi connectivity index (χ0) is 22.8. The Morgan fingerprint density at radius 2 is 1.69 bits per heavy atom. The average molecular weight is 441 g/mol. The van der Waals surface area contributed by atoms with Crippen LogP contribution >= 0.6 is 0 Å². The number of halogens is 1. The van der Waals surface area contributed by atoms with Gasteiger partial charge < -0.3 is 4.74 Å². The first-order valence-corrected chi connectivity index (χ1v) is 12.4. The summed E-state index contributed by atoms with van der Waals surface area (Å²) in [6.45, 7) is 4.40. The zero-order valence-electron chi connectivity index (χ0n) is 19.6. The van der Waals surface area contributed by atoms with Gasteiger partial charge in [-0.15, -0.1) is 0 Å². The van der Waals surface area contributed by atoms with Crippen LogP contribution in [0.4, 0.5) is 4.39 Å². The van der Waals surface area contributed by atoms with Crippen LogP contribution in [0.3, 0.4) is 0 Å². The van der Waals surface area contributed by atoms with Gasteiger partial charge in [0.2, 0.25) is 0 Å². The molecular formula is C27H37FN2O2. The minimum Gasteiger partial charge on any atom is -0.459 e. The van der Waals surface area contributed by atoms with Crippen LogP contribution < -0.4 is 0 Å². The van der Waals surface area contributed by atoms with Crippen molar-refractivity contribution in [1.29, 1.82) is 0 Å². The van der Waals surface area contributed by atoms with E-state index in [4.69, 9.17) is 4.74 Å². The highest BCUT2D eigenvalue weighted by Crippen LogP contribution is 2.31. The number of ether oxygens (including phenoxy) is 1. The molecule has 0 amide bonds. The molecule has 0 atom stereocenters. The maximum Gasteiger partial charge on any atom is 0.341 e. The van der Waals surface area contributed by atoms with Crippen LogP contribution in [0.2, 0.25) is 0 Å². The van der Waals surface area contributed by atoms with Gasteiger partial charge in [0.05, 0.1) is 5.56 Å². The summed E-state index contributed by atoms with van der Waals surface area (Å²) in [5.41, 5.74) is 1.63. The fraction of sp³-hybridized carbons (Fsp3) is 0.593. The highest BCUT2D eigenvalue weighted by molar-refractivity contribution is 5.90. The molecule has 1 aliphatic carbocycles. The number of nitrogens with zero attached hydrogens (tertiary/aromatic N) is 2. The van der Waals surface area contributed by atoms with Crippen LogP contribution in [0.5, 0.6) is 0 Å². The molecule has 0 aliphatic heterocycles. The molecule has 3 rings (SSSR count). The highest BCUT2D eigenvalue weighted by Gasteiger charge is 2.25. The van der Waals surface area contributed by atoms with E-state index in [1.54, 1.807) is 18.5 Å². The van der Waals surface area contributed by atoms with Gasteiger partial charge in [0.1, 0.15) is 11.9 Å². The number of rotatable bonds is 11. The Morgan fingerprint density at radius 1 is 1.00 bits per heavy atom. The fourth-order valence-corrected chi connectivity index (χ4v) is 4.47. The minimum absolute atomic E-state index is 0.0185. The van der Waals surface area contributed by atoms with Crippen LogP contribution in [0.25, 0.3) is 11.4 Å². The molecule has 0 unspecified atom stereocenters. The second-order valence-corrected chi connectivity index (χ2v) is 9.11. The molecular weight excluding hydrogens is 403 g/mol. The van der Waals surface area contributed by atoms with Gasteiger partial charge in [0.25, 0.3) is 0 Å². The second kappa shape index (κ2) is 12.7. The standard InChI is InChI=1S/C27H37FN2O2/c1-3-5-7-9-20-11-14-23(15-12-20)32-27(31)24-16-13-22(17-25(24)28)26-29-18-21(19-30-26)10-8-6-4-2/h13,16-20,23H,3-12,14-15H2,1-2H3/t20-,23-. The van der Waals surface area contributed by atoms with Gasteiger partial charge in [0, 0.05) is 18.0 Å². The molecule has 1 aliphatic rings. The van der Waals surface area contributed by atoms with Gasteiger partial charge in [-0.2, -0.15) is 0 Å². The molecule has 5 heteroatoms. The number of unbranched alkanes of at least 4 members (excludes halogenated alkanes) is 4. The van der Waals surface area contributed by atoms with Crippen molar-refractivity contribution < 1.29 is 13.9 Å². The molecule has 0 N–H and O–H groups in total. The minimum atomic E-state index is -0.587.